The lowest BCUT2D eigenvalue weighted by Crippen LogP contribution is -2.50. The second-order valence-electron chi connectivity index (χ2n) is 5.34. The zero-order valence-electron chi connectivity index (χ0n) is 11.4. The number of nitrogens with one attached hydrogen (secondary N) is 3. The first kappa shape index (κ1) is 14.2. The van der Waals surface area contributed by atoms with E-state index in [1.807, 2.05) is 20.8 Å². The number of aryl methyl sites for hydroxylation is 1. The molecule has 0 aliphatic heterocycles. The molecule has 0 radical (unpaired) electrons. The molecule has 0 saturated carbocycles. The average Bonchev–Trinajstić information content (AvgIpc) is 2.61. The first-order chi connectivity index (χ1) is 8.20. The number of aromatic nitrogens is 2. The number of H-pyrrole nitrogens is 1. The van der Waals surface area contributed by atoms with Crippen molar-refractivity contribution in [2.75, 3.05) is 0 Å². The van der Waals surface area contributed by atoms with E-state index in [2.05, 4.69) is 20.8 Å². The highest BCUT2D eigenvalue weighted by molar-refractivity contribution is 5.98. The summed E-state index contributed by atoms with van der Waals surface area (Å²) in [5.74, 6) is -0.519. The van der Waals surface area contributed by atoms with Crippen molar-refractivity contribution in [3.8, 4) is 0 Å². The van der Waals surface area contributed by atoms with Crippen LogP contribution in [0.15, 0.2) is 6.20 Å². The van der Waals surface area contributed by atoms with Crippen LogP contribution in [-0.2, 0) is 4.79 Å². The molecule has 1 unspecified atom stereocenters. The second kappa shape index (κ2) is 5.20. The number of nitrogens with zero attached hydrogens (tertiary/aromatic N) is 1. The van der Waals surface area contributed by atoms with Crippen molar-refractivity contribution in [3.63, 3.8) is 0 Å². The molecule has 0 bridgehead atoms. The van der Waals surface area contributed by atoms with Gasteiger partial charge in [0, 0.05) is 11.2 Å². The first-order valence-electron chi connectivity index (χ1n) is 5.83. The number of amides is 2. The zero-order chi connectivity index (χ0) is 13.9. The number of carbonyl (C=O) groups excluding carboxylic acids is 2. The summed E-state index contributed by atoms with van der Waals surface area (Å²) in [4.78, 5) is 23.7. The highest BCUT2D eigenvalue weighted by Crippen LogP contribution is 2.03. The lowest BCUT2D eigenvalue weighted by atomic mass is 10.1. The van der Waals surface area contributed by atoms with Crippen molar-refractivity contribution >= 4 is 11.8 Å². The molecular weight excluding hydrogens is 232 g/mol. The van der Waals surface area contributed by atoms with Crippen LogP contribution in [0.5, 0.6) is 0 Å². The maximum absolute atomic E-state index is 11.9. The Kier molecular flexibility index (Phi) is 4.11. The molecule has 1 aromatic heterocycles. The Morgan fingerprint density at radius 2 is 2.00 bits per heavy atom. The minimum absolute atomic E-state index is 0.211. The Morgan fingerprint density at radius 1 is 1.39 bits per heavy atom. The van der Waals surface area contributed by atoms with Crippen molar-refractivity contribution in [3.05, 3.63) is 17.5 Å². The van der Waals surface area contributed by atoms with Gasteiger partial charge in [0.2, 0.25) is 5.91 Å². The van der Waals surface area contributed by atoms with Crippen molar-refractivity contribution in [2.45, 2.75) is 46.2 Å². The van der Waals surface area contributed by atoms with Crippen LogP contribution >= 0.6 is 0 Å². The van der Waals surface area contributed by atoms with Gasteiger partial charge in [0.05, 0.1) is 11.8 Å². The third-order valence-electron chi connectivity index (χ3n) is 2.31. The smallest absolute Gasteiger partial charge is 0.255 e. The van der Waals surface area contributed by atoms with E-state index in [4.69, 9.17) is 0 Å². The van der Waals surface area contributed by atoms with Crippen LogP contribution in [0, 0.1) is 6.92 Å². The molecule has 100 valence electrons. The second-order valence-corrected chi connectivity index (χ2v) is 5.34. The molecule has 0 fully saturated rings. The number of rotatable bonds is 3. The number of hydrogen-bond donors (Lipinski definition) is 3. The molecule has 3 N–H and O–H groups in total. The average molecular weight is 252 g/mol. The monoisotopic (exact) mass is 252 g/mol. The Labute approximate surface area is 107 Å². The zero-order valence-corrected chi connectivity index (χ0v) is 11.4. The highest BCUT2D eigenvalue weighted by atomic mass is 16.2. The molecule has 18 heavy (non-hydrogen) atoms. The van der Waals surface area contributed by atoms with Crippen molar-refractivity contribution in [1.82, 2.24) is 20.8 Å². The van der Waals surface area contributed by atoms with Gasteiger partial charge in [-0.2, -0.15) is 5.10 Å². The van der Waals surface area contributed by atoms with E-state index in [0.29, 0.717) is 11.3 Å². The summed E-state index contributed by atoms with van der Waals surface area (Å²) in [6, 6.07) is -0.592. The molecule has 6 nitrogen and oxygen atoms in total. The quantitative estimate of drug-likeness (QED) is 0.742. The number of carbonyl (C=O) groups is 2. The van der Waals surface area contributed by atoms with Gasteiger partial charge in [-0.3, -0.25) is 14.7 Å². The Hall–Kier alpha value is -1.85. The van der Waals surface area contributed by atoms with E-state index in [0.717, 1.165) is 0 Å². The summed E-state index contributed by atoms with van der Waals surface area (Å²) >= 11 is 0. The van der Waals surface area contributed by atoms with Gasteiger partial charge in [0.15, 0.2) is 0 Å². The van der Waals surface area contributed by atoms with Crippen molar-refractivity contribution in [1.29, 1.82) is 0 Å². The molecule has 1 atom stereocenters. The van der Waals surface area contributed by atoms with Gasteiger partial charge in [-0.1, -0.05) is 0 Å². The topological polar surface area (TPSA) is 86.9 Å². The Balaban J connectivity index is 2.60. The standard InChI is InChI=1S/C12H20N4O2/c1-7-9(6-13-16-7)11(18)14-8(2)10(17)15-12(3,4)5/h6,8H,1-5H3,(H,13,16)(H,14,18)(H,15,17). The molecule has 1 rings (SSSR count). The van der Waals surface area contributed by atoms with Crippen LogP contribution in [0.25, 0.3) is 0 Å². The van der Waals surface area contributed by atoms with E-state index < -0.39 is 6.04 Å². The number of aromatic amines is 1. The SMILES string of the molecule is Cc1[nH]ncc1C(=O)NC(C)C(=O)NC(C)(C)C. The molecule has 0 aliphatic carbocycles. The fourth-order valence-electron chi connectivity index (χ4n) is 1.40. The predicted molar refractivity (Wildman–Crippen MR) is 68.1 cm³/mol. The first-order valence-corrected chi connectivity index (χ1v) is 5.83. The maximum Gasteiger partial charge on any atom is 0.255 e. The molecule has 1 aromatic rings. The van der Waals surface area contributed by atoms with Gasteiger partial charge in [0.1, 0.15) is 6.04 Å². The molecule has 0 saturated heterocycles. The van der Waals surface area contributed by atoms with Gasteiger partial charge in [-0.15, -0.1) is 0 Å². The van der Waals surface area contributed by atoms with Crippen LogP contribution in [0.3, 0.4) is 0 Å². The fraction of sp³-hybridized carbons (Fsp3) is 0.583. The van der Waals surface area contributed by atoms with Crippen LogP contribution in [0.4, 0.5) is 0 Å². The van der Waals surface area contributed by atoms with E-state index in [1.54, 1.807) is 13.8 Å². The summed E-state index contributed by atoms with van der Waals surface area (Å²) in [5.41, 5.74) is 0.808. The molecule has 0 aromatic carbocycles. The van der Waals surface area contributed by atoms with Gasteiger partial charge >= 0.3 is 0 Å². The van der Waals surface area contributed by atoms with Crippen LogP contribution in [0.1, 0.15) is 43.7 Å². The lowest BCUT2D eigenvalue weighted by Gasteiger charge is -2.23. The van der Waals surface area contributed by atoms with Crippen molar-refractivity contribution < 1.29 is 9.59 Å². The van der Waals surface area contributed by atoms with Crippen LogP contribution in [0.2, 0.25) is 0 Å². The van der Waals surface area contributed by atoms with Crippen LogP contribution in [-0.4, -0.2) is 33.6 Å². The summed E-state index contributed by atoms with van der Waals surface area (Å²) in [7, 11) is 0. The normalized spacial score (nSPS) is 12.9. The number of hydrogen-bond acceptors (Lipinski definition) is 3. The molecule has 0 aliphatic rings. The fourth-order valence-corrected chi connectivity index (χ4v) is 1.40. The van der Waals surface area contributed by atoms with Crippen LogP contribution < -0.4 is 10.6 Å². The van der Waals surface area contributed by atoms with Crippen molar-refractivity contribution in [2.24, 2.45) is 0 Å². The van der Waals surface area contributed by atoms with Gasteiger partial charge in [-0.25, -0.2) is 0 Å². The third-order valence-corrected chi connectivity index (χ3v) is 2.31. The summed E-state index contributed by atoms with van der Waals surface area (Å²) < 4.78 is 0. The molecule has 2 amide bonds. The van der Waals surface area contributed by atoms with Gasteiger partial charge < -0.3 is 10.6 Å². The molecule has 1 heterocycles. The van der Waals surface area contributed by atoms with E-state index in [9.17, 15) is 9.59 Å². The predicted octanol–water partition coefficient (Wildman–Crippen LogP) is 0.751. The third kappa shape index (κ3) is 3.87. The molecule has 0 spiro atoms. The van der Waals surface area contributed by atoms with Gasteiger partial charge in [-0.05, 0) is 34.6 Å². The maximum atomic E-state index is 11.9. The van der Waals surface area contributed by atoms with E-state index in [-0.39, 0.29) is 17.4 Å². The lowest BCUT2D eigenvalue weighted by molar-refractivity contribution is -0.124. The largest absolute Gasteiger partial charge is 0.350 e. The van der Waals surface area contributed by atoms with Gasteiger partial charge in [0.25, 0.3) is 5.91 Å². The molecule has 6 heteroatoms. The van der Waals surface area contributed by atoms with E-state index in [1.165, 1.54) is 6.20 Å². The minimum Gasteiger partial charge on any atom is -0.350 e. The summed E-state index contributed by atoms with van der Waals surface area (Å²) in [6.45, 7) is 9.06. The van der Waals surface area contributed by atoms with E-state index >= 15 is 0 Å². The summed E-state index contributed by atoms with van der Waals surface area (Å²) in [6.07, 6.45) is 1.44. The Morgan fingerprint density at radius 3 is 2.44 bits per heavy atom. The highest BCUT2D eigenvalue weighted by Gasteiger charge is 2.22. The minimum atomic E-state index is -0.592. The molecular formula is C12H20N4O2. The summed E-state index contributed by atoms with van der Waals surface area (Å²) in [5, 5.41) is 11.9. The Bertz CT molecular complexity index is 445.